The van der Waals surface area contributed by atoms with Crippen LogP contribution >= 0.6 is 0 Å². The first-order valence-corrected chi connectivity index (χ1v) is 4.35. The Morgan fingerprint density at radius 3 is 2.31 bits per heavy atom. The van der Waals surface area contributed by atoms with E-state index in [1.165, 1.54) is 22.3 Å². The number of hydrogen-bond acceptors (Lipinski definition) is 1. The van der Waals surface area contributed by atoms with E-state index in [-0.39, 0.29) is 0 Å². The lowest BCUT2D eigenvalue weighted by Gasteiger charge is -2.05. The molecule has 0 saturated heterocycles. The van der Waals surface area contributed by atoms with E-state index in [2.05, 4.69) is 44.6 Å². The molecule has 0 heterocycles. The van der Waals surface area contributed by atoms with Crippen LogP contribution in [-0.4, -0.2) is 6.72 Å². The van der Waals surface area contributed by atoms with Crippen molar-refractivity contribution in [3.05, 3.63) is 40.6 Å². The summed E-state index contributed by atoms with van der Waals surface area (Å²) >= 11 is 0. The van der Waals surface area contributed by atoms with Gasteiger partial charge in [0.05, 0.1) is 0 Å². The van der Waals surface area contributed by atoms with Crippen molar-refractivity contribution in [3.8, 4) is 0 Å². The minimum absolute atomic E-state index is 1.22. The minimum atomic E-state index is 1.22. The summed E-state index contributed by atoms with van der Waals surface area (Å²) in [5.41, 5.74) is 5.15. The summed E-state index contributed by atoms with van der Waals surface area (Å²) in [6, 6.07) is 4.37. The van der Waals surface area contributed by atoms with Crippen LogP contribution in [0.3, 0.4) is 0 Å². The van der Waals surface area contributed by atoms with Crippen LogP contribution in [0.1, 0.15) is 22.3 Å². The predicted molar refractivity (Wildman–Crippen MR) is 59.2 cm³/mol. The molecule has 0 unspecified atom stereocenters. The standard InChI is InChI=1S/C12H15N/c1-9-7-11(3)12(5-6-13-4)8-10(9)2/h5-8H,4H2,1-3H3/b6-5-. The maximum absolute atomic E-state index is 3.69. The number of nitrogens with zero attached hydrogens (tertiary/aromatic N) is 1. The molecule has 1 aromatic rings. The highest BCUT2D eigenvalue weighted by Crippen LogP contribution is 2.16. The molecule has 0 saturated carbocycles. The third-order valence-corrected chi connectivity index (χ3v) is 2.24. The van der Waals surface area contributed by atoms with Crippen molar-refractivity contribution in [1.29, 1.82) is 0 Å². The quantitative estimate of drug-likeness (QED) is 0.608. The van der Waals surface area contributed by atoms with Gasteiger partial charge in [-0.2, -0.15) is 0 Å². The molecule has 1 aromatic carbocycles. The highest BCUT2D eigenvalue weighted by Gasteiger charge is 1.97. The molecule has 0 bridgehead atoms. The van der Waals surface area contributed by atoms with E-state index in [0.717, 1.165) is 0 Å². The lowest BCUT2D eigenvalue weighted by atomic mass is 10.0. The predicted octanol–water partition coefficient (Wildman–Crippen LogP) is 3.28. The van der Waals surface area contributed by atoms with Gasteiger partial charge < -0.3 is 0 Å². The monoisotopic (exact) mass is 173 g/mol. The van der Waals surface area contributed by atoms with Gasteiger partial charge in [-0.3, -0.25) is 4.99 Å². The van der Waals surface area contributed by atoms with Gasteiger partial charge in [0.1, 0.15) is 0 Å². The lowest BCUT2D eigenvalue weighted by Crippen LogP contribution is -1.86. The number of benzene rings is 1. The first kappa shape index (κ1) is 9.72. The molecular formula is C12H15N. The summed E-state index contributed by atoms with van der Waals surface area (Å²) in [7, 11) is 0. The molecule has 0 aromatic heterocycles. The summed E-state index contributed by atoms with van der Waals surface area (Å²) < 4.78 is 0. The first-order chi connectivity index (χ1) is 6.15. The molecule has 0 aliphatic heterocycles. The zero-order valence-corrected chi connectivity index (χ0v) is 8.46. The fourth-order valence-electron chi connectivity index (χ4n) is 1.30. The SMILES string of the molecule is C=N/C=C\c1cc(C)c(C)cc1C. The Labute approximate surface area is 79.8 Å². The molecule has 0 spiro atoms. The Bertz CT molecular complexity index is 348. The van der Waals surface area contributed by atoms with Crippen molar-refractivity contribution in [2.75, 3.05) is 0 Å². The van der Waals surface area contributed by atoms with Gasteiger partial charge in [0.2, 0.25) is 0 Å². The molecule has 1 rings (SSSR count). The van der Waals surface area contributed by atoms with E-state index in [1.54, 1.807) is 6.20 Å². The molecule has 13 heavy (non-hydrogen) atoms. The molecule has 0 radical (unpaired) electrons. The normalized spacial score (nSPS) is 10.7. The van der Waals surface area contributed by atoms with E-state index in [1.807, 2.05) is 6.08 Å². The molecule has 0 aliphatic carbocycles. The largest absolute Gasteiger partial charge is 0.272 e. The summed E-state index contributed by atoms with van der Waals surface area (Å²) in [6.45, 7) is 9.76. The van der Waals surface area contributed by atoms with Crippen LogP contribution in [0, 0.1) is 20.8 Å². The van der Waals surface area contributed by atoms with Crippen LogP contribution < -0.4 is 0 Å². The maximum Gasteiger partial charge on any atom is 0.0266 e. The Kier molecular flexibility index (Phi) is 3.02. The van der Waals surface area contributed by atoms with Gasteiger partial charge >= 0.3 is 0 Å². The van der Waals surface area contributed by atoms with Crippen molar-refractivity contribution in [2.45, 2.75) is 20.8 Å². The number of rotatable bonds is 2. The zero-order chi connectivity index (χ0) is 9.84. The fourth-order valence-corrected chi connectivity index (χ4v) is 1.30. The Morgan fingerprint density at radius 1 is 1.08 bits per heavy atom. The summed E-state index contributed by atoms with van der Waals surface area (Å²) in [6.07, 6.45) is 3.70. The third-order valence-electron chi connectivity index (χ3n) is 2.24. The highest BCUT2D eigenvalue weighted by atomic mass is 14.6. The van der Waals surface area contributed by atoms with Crippen molar-refractivity contribution in [3.63, 3.8) is 0 Å². The van der Waals surface area contributed by atoms with E-state index in [4.69, 9.17) is 0 Å². The van der Waals surface area contributed by atoms with Crippen LogP contribution in [-0.2, 0) is 0 Å². The molecule has 0 aliphatic rings. The Morgan fingerprint density at radius 2 is 1.69 bits per heavy atom. The van der Waals surface area contributed by atoms with Crippen molar-refractivity contribution >= 4 is 12.8 Å². The van der Waals surface area contributed by atoms with Crippen LogP contribution in [0.5, 0.6) is 0 Å². The van der Waals surface area contributed by atoms with Gasteiger partial charge in [-0.1, -0.05) is 12.1 Å². The van der Waals surface area contributed by atoms with Gasteiger partial charge in [-0.25, -0.2) is 0 Å². The van der Waals surface area contributed by atoms with Gasteiger partial charge in [-0.15, -0.1) is 0 Å². The zero-order valence-electron chi connectivity index (χ0n) is 8.46. The number of aliphatic imine (C=N–C) groups is 1. The van der Waals surface area contributed by atoms with E-state index in [9.17, 15) is 0 Å². The maximum atomic E-state index is 3.69. The molecule has 68 valence electrons. The van der Waals surface area contributed by atoms with Gasteiger partial charge in [0, 0.05) is 6.20 Å². The lowest BCUT2D eigenvalue weighted by molar-refractivity contribution is 1.29. The summed E-state index contributed by atoms with van der Waals surface area (Å²) in [5.74, 6) is 0. The van der Waals surface area contributed by atoms with Gasteiger partial charge in [0.15, 0.2) is 0 Å². The van der Waals surface area contributed by atoms with Gasteiger partial charge in [0.25, 0.3) is 0 Å². The van der Waals surface area contributed by atoms with Crippen molar-refractivity contribution in [2.24, 2.45) is 4.99 Å². The van der Waals surface area contributed by atoms with E-state index < -0.39 is 0 Å². The average molecular weight is 173 g/mol. The first-order valence-electron chi connectivity index (χ1n) is 4.35. The fraction of sp³-hybridized carbons (Fsp3) is 0.250. The second-order valence-electron chi connectivity index (χ2n) is 3.29. The molecule has 1 heteroatoms. The molecule has 0 atom stereocenters. The number of hydrogen-bond donors (Lipinski definition) is 0. The molecule has 0 amide bonds. The van der Waals surface area contributed by atoms with Crippen molar-refractivity contribution in [1.82, 2.24) is 0 Å². The van der Waals surface area contributed by atoms with Crippen LogP contribution in [0.2, 0.25) is 0 Å². The van der Waals surface area contributed by atoms with E-state index >= 15 is 0 Å². The highest BCUT2D eigenvalue weighted by molar-refractivity contribution is 5.56. The summed E-state index contributed by atoms with van der Waals surface area (Å²) in [5, 5.41) is 0. The average Bonchev–Trinajstić information content (AvgIpc) is 2.09. The topological polar surface area (TPSA) is 12.4 Å². The molecule has 1 nitrogen and oxygen atoms in total. The smallest absolute Gasteiger partial charge is 0.0266 e. The summed E-state index contributed by atoms with van der Waals surface area (Å²) in [4.78, 5) is 3.69. The van der Waals surface area contributed by atoms with Crippen LogP contribution in [0.25, 0.3) is 6.08 Å². The second kappa shape index (κ2) is 4.04. The molecule has 0 fully saturated rings. The van der Waals surface area contributed by atoms with E-state index in [0.29, 0.717) is 0 Å². The van der Waals surface area contributed by atoms with Crippen LogP contribution in [0.15, 0.2) is 23.3 Å². The van der Waals surface area contributed by atoms with Crippen LogP contribution in [0.4, 0.5) is 0 Å². The Balaban J connectivity index is 3.15. The third kappa shape index (κ3) is 2.28. The van der Waals surface area contributed by atoms with Gasteiger partial charge in [-0.05, 0) is 55.8 Å². The minimum Gasteiger partial charge on any atom is -0.272 e. The Hall–Kier alpha value is -1.37. The molecule has 0 N–H and O–H groups in total. The molecular weight excluding hydrogens is 158 g/mol. The second-order valence-corrected chi connectivity index (χ2v) is 3.29. The number of aryl methyl sites for hydroxylation is 3. The van der Waals surface area contributed by atoms with Crippen molar-refractivity contribution < 1.29 is 0 Å².